The molecule has 3 heteroatoms. The molecule has 0 aromatic heterocycles. The number of hydrogen-bond donors (Lipinski definition) is 2. The molecule has 17 heavy (non-hydrogen) atoms. The van der Waals surface area contributed by atoms with Crippen molar-refractivity contribution in [2.75, 3.05) is 0 Å². The molecule has 2 unspecified atom stereocenters. The molecule has 94 valence electrons. The topological polar surface area (TPSA) is 32.3 Å². The fraction of sp³-hybridized carbons (Fsp3) is 0.571. The third-order valence-electron chi connectivity index (χ3n) is 4.04. The summed E-state index contributed by atoms with van der Waals surface area (Å²) in [6.07, 6.45) is 0.655. The first-order valence-electron chi connectivity index (χ1n) is 6.11. The van der Waals surface area contributed by atoms with Gasteiger partial charge in [0, 0.05) is 22.5 Å². The van der Waals surface area contributed by atoms with Crippen LogP contribution in [0.15, 0.2) is 24.3 Å². The molecule has 1 aliphatic rings. The molecule has 0 bridgehead atoms. The Morgan fingerprint density at radius 3 is 2.41 bits per heavy atom. The van der Waals surface area contributed by atoms with Crippen LogP contribution in [0.25, 0.3) is 0 Å². The van der Waals surface area contributed by atoms with Crippen molar-refractivity contribution < 1.29 is 5.11 Å². The lowest BCUT2D eigenvalue weighted by molar-refractivity contribution is -0.0754. The van der Waals surface area contributed by atoms with E-state index in [1.807, 2.05) is 24.3 Å². The van der Waals surface area contributed by atoms with Crippen LogP contribution in [0.5, 0.6) is 0 Å². The molecule has 2 N–H and O–H groups in total. The molecule has 0 aliphatic heterocycles. The fourth-order valence-electron chi connectivity index (χ4n) is 2.33. The highest BCUT2D eigenvalue weighted by Crippen LogP contribution is 2.41. The Balaban J connectivity index is 1.98. The molecule has 2 nitrogen and oxygen atoms in total. The van der Waals surface area contributed by atoms with Crippen LogP contribution in [0, 0.1) is 5.41 Å². The average Bonchev–Trinajstić information content (AvgIpc) is 2.29. The van der Waals surface area contributed by atoms with Gasteiger partial charge in [-0.3, -0.25) is 0 Å². The first-order chi connectivity index (χ1) is 7.91. The van der Waals surface area contributed by atoms with Crippen molar-refractivity contribution in [2.45, 2.75) is 45.4 Å². The van der Waals surface area contributed by atoms with Crippen LogP contribution in [-0.2, 0) is 0 Å². The van der Waals surface area contributed by atoms with Gasteiger partial charge in [-0.1, -0.05) is 37.6 Å². The summed E-state index contributed by atoms with van der Waals surface area (Å²) in [5.41, 5.74) is 1.20. The van der Waals surface area contributed by atoms with Crippen LogP contribution in [0.1, 0.15) is 38.8 Å². The number of hydrogen-bond acceptors (Lipinski definition) is 2. The van der Waals surface area contributed by atoms with Crippen LogP contribution in [0.4, 0.5) is 0 Å². The number of halogens is 1. The van der Waals surface area contributed by atoms with Crippen molar-refractivity contribution in [3.63, 3.8) is 0 Å². The first kappa shape index (κ1) is 12.9. The average molecular weight is 254 g/mol. The number of aliphatic hydroxyl groups excluding tert-OH is 1. The molecule has 0 amide bonds. The highest BCUT2D eigenvalue weighted by atomic mass is 35.5. The van der Waals surface area contributed by atoms with Crippen molar-refractivity contribution in [2.24, 2.45) is 5.41 Å². The molecular weight excluding hydrogens is 234 g/mol. The predicted octanol–water partition coefficient (Wildman–Crippen LogP) is 3.15. The van der Waals surface area contributed by atoms with E-state index < -0.39 is 0 Å². The number of rotatable bonds is 3. The summed E-state index contributed by atoms with van der Waals surface area (Å²) in [5, 5.41) is 14.0. The minimum absolute atomic E-state index is 0.0271. The first-order valence-corrected chi connectivity index (χ1v) is 6.48. The van der Waals surface area contributed by atoms with Gasteiger partial charge < -0.3 is 10.4 Å². The summed E-state index contributed by atoms with van der Waals surface area (Å²) in [7, 11) is 0. The van der Waals surface area contributed by atoms with Gasteiger partial charge in [0.05, 0.1) is 6.10 Å². The van der Waals surface area contributed by atoms with Crippen LogP contribution in [0.3, 0.4) is 0 Å². The Kier molecular flexibility index (Phi) is 3.48. The Labute approximate surface area is 108 Å². The van der Waals surface area contributed by atoms with Gasteiger partial charge >= 0.3 is 0 Å². The second kappa shape index (κ2) is 4.60. The Morgan fingerprint density at radius 1 is 1.35 bits per heavy atom. The van der Waals surface area contributed by atoms with Gasteiger partial charge in [0.1, 0.15) is 0 Å². The molecular formula is C14H20ClNO. The maximum Gasteiger partial charge on any atom is 0.0621 e. The largest absolute Gasteiger partial charge is 0.392 e. The van der Waals surface area contributed by atoms with Gasteiger partial charge in [-0.25, -0.2) is 0 Å². The number of benzene rings is 1. The Hall–Kier alpha value is -0.570. The van der Waals surface area contributed by atoms with E-state index in [4.69, 9.17) is 11.6 Å². The molecule has 1 saturated carbocycles. The highest BCUT2D eigenvalue weighted by molar-refractivity contribution is 6.30. The van der Waals surface area contributed by atoms with E-state index in [0.717, 1.165) is 11.4 Å². The lowest BCUT2D eigenvalue weighted by Crippen LogP contribution is -2.60. The number of nitrogens with one attached hydrogen (secondary N) is 1. The summed E-state index contributed by atoms with van der Waals surface area (Å²) >= 11 is 5.87. The summed E-state index contributed by atoms with van der Waals surface area (Å²) in [6, 6.07) is 8.57. The van der Waals surface area contributed by atoms with Crippen molar-refractivity contribution in [1.29, 1.82) is 0 Å². The van der Waals surface area contributed by atoms with Crippen LogP contribution in [-0.4, -0.2) is 17.3 Å². The normalized spacial score (nSPS) is 28.5. The summed E-state index contributed by atoms with van der Waals surface area (Å²) in [4.78, 5) is 0. The summed E-state index contributed by atoms with van der Waals surface area (Å²) in [6.45, 7) is 6.35. The zero-order valence-electron chi connectivity index (χ0n) is 10.6. The smallest absolute Gasteiger partial charge is 0.0621 e. The standard InChI is InChI=1S/C14H20ClNO/c1-9(10-4-6-11(15)7-5-10)16-12-8-13(17)14(12,2)3/h4-7,9,12-13,16-17H,8H2,1-3H3/t9-,12?,13?/m0/s1. The zero-order chi connectivity index (χ0) is 12.6. The van der Waals surface area contributed by atoms with E-state index in [1.54, 1.807) is 0 Å². The monoisotopic (exact) mass is 253 g/mol. The van der Waals surface area contributed by atoms with Crippen LogP contribution >= 0.6 is 11.6 Å². The van der Waals surface area contributed by atoms with E-state index >= 15 is 0 Å². The Morgan fingerprint density at radius 2 is 1.94 bits per heavy atom. The lowest BCUT2D eigenvalue weighted by Gasteiger charge is -2.50. The van der Waals surface area contributed by atoms with Crippen LogP contribution in [0.2, 0.25) is 5.02 Å². The molecule has 3 atom stereocenters. The third-order valence-corrected chi connectivity index (χ3v) is 4.29. The van der Waals surface area contributed by atoms with E-state index in [1.165, 1.54) is 5.56 Å². The summed E-state index contributed by atoms with van der Waals surface area (Å²) in [5.74, 6) is 0. The third kappa shape index (κ3) is 2.49. The van der Waals surface area contributed by atoms with Crippen molar-refractivity contribution >= 4 is 11.6 Å². The molecule has 1 fully saturated rings. The van der Waals surface area contributed by atoms with Gasteiger partial charge in [-0.15, -0.1) is 0 Å². The minimum Gasteiger partial charge on any atom is -0.392 e. The van der Waals surface area contributed by atoms with Gasteiger partial charge in [-0.05, 0) is 31.0 Å². The molecule has 0 heterocycles. The van der Waals surface area contributed by atoms with Crippen molar-refractivity contribution in [3.8, 4) is 0 Å². The molecule has 1 aromatic carbocycles. The maximum absolute atomic E-state index is 9.71. The second-order valence-electron chi connectivity index (χ2n) is 5.57. The maximum atomic E-state index is 9.71. The molecule has 0 radical (unpaired) electrons. The highest BCUT2D eigenvalue weighted by Gasteiger charge is 2.47. The van der Waals surface area contributed by atoms with Gasteiger partial charge in [0.25, 0.3) is 0 Å². The second-order valence-corrected chi connectivity index (χ2v) is 6.00. The van der Waals surface area contributed by atoms with E-state index in [-0.39, 0.29) is 17.6 Å². The quantitative estimate of drug-likeness (QED) is 0.867. The van der Waals surface area contributed by atoms with Gasteiger partial charge in [0.15, 0.2) is 0 Å². The number of aliphatic hydroxyl groups is 1. The minimum atomic E-state index is -0.183. The SMILES string of the molecule is C[C@H](NC1CC(O)C1(C)C)c1ccc(Cl)cc1. The van der Waals surface area contributed by atoms with E-state index in [0.29, 0.717) is 6.04 Å². The Bertz CT molecular complexity index is 388. The zero-order valence-corrected chi connectivity index (χ0v) is 11.3. The van der Waals surface area contributed by atoms with Gasteiger partial charge in [0.2, 0.25) is 0 Å². The van der Waals surface area contributed by atoms with Crippen LogP contribution < -0.4 is 5.32 Å². The lowest BCUT2D eigenvalue weighted by atomic mass is 9.64. The fourth-order valence-corrected chi connectivity index (χ4v) is 2.46. The molecule has 2 rings (SSSR count). The van der Waals surface area contributed by atoms with E-state index in [2.05, 4.69) is 26.1 Å². The van der Waals surface area contributed by atoms with Crippen molar-refractivity contribution in [1.82, 2.24) is 5.32 Å². The molecule has 1 aromatic rings. The predicted molar refractivity (Wildman–Crippen MR) is 71.2 cm³/mol. The van der Waals surface area contributed by atoms with Gasteiger partial charge in [-0.2, -0.15) is 0 Å². The molecule has 0 spiro atoms. The molecule has 1 aliphatic carbocycles. The molecule has 0 saturated heterocycles. The summed E-state index contributed by atoms with van der Waals surface area (Å²) < 4.78 is 0. The van der Waals surface area contributed by atoms with E-state index in [9.17, 15) is 5.11 Å². The van der Waals surface area contributed by atoms with Crippen molar-refractivity contribution in [3.05, 3.63) is 34.9 Å².